The Kier molecular flexibility index (Phi) is 51.9. The molecular weight excluding hydrogens is 829 g/mol. The third-order valence-corrected chi connectivity index (χ3v) is 11.6. The topological polar surface area (TPSA) is 78.9 Å². The Morgan fingerprint density at radius 1 is 0.313 bits per heavy atom. The van der Waals surface area contributed by atoms with E-state index in [0.717, 1.165) is 57.8 Å². The molecule has 382 valence electrons. The summed E-state index contributed by atoms with van der Waals surface area (Å²) in [7, 11) is 0. The van der Waals surface area contributed by atoms with E-state index in [2.05, 4.69) is 112 Å². The first-order valence-electron chi connectivity index (χ1n) is 27.8. The number of ether oxygens (including phenoxy) is 3. The van der Waals surface area contributed by atoms with E-state index in [1.54, 1.807) is 0 Å². The average Bonchev–Trinajstić information content (AvgIpc) is 3.33. The lowest BCUT2D eigenvalue weighted by atomic mass is 10.1. The molecule has 0 aromatic heterocycles. The van der Waals surface area contributed by atoms with Gasteiger partial charge in [-0.1, -0.05) is 227 Å². The second kappa shape index (κ2) is 54.9. The molecule has 0 rings (SSSR count). The predicted molar refractivity (Wildman–Crippen MR) is 288 cm³/mol. The van der Waals surface area contributed by atoms with Gasteiger partial charge in [-0.05, 0) is 103 Å². The van der Waals surface area contributed by atoms with Crippen LogP contribution in [0.4, 0.5) is 0 Å². The van der Waals surface area contributed by atoms with Gasteiger partial charge in [0.05, 0.1) is 0 Å². The molecule has 0 bridgehead atoms. The molecule has 0 aromatic carbocycles. The fourth-order valence-corrected chi connectivity index (χ4v) is 7.36. The van der Waals surface area contributed by atoms with E-state index in [0.29, 0.717) is 19.3 Å². The molecule has 0 aromatic rings. The summed E-state index contributed by atoms with van der Waals surface area (Å²) in [5, 5.41) is 0. The van der Waals surface area contributed by atoms with Crippen molar-refractivity contribution in [3.8, 4) is 0 Å². The van der Waals surface area contributed by atoms with Gasteiger partial charge in [0, 0.05) is 19.3 Å². The van der Waals surface area contributed by atoms with Crippen molar-refractivity contribution in [2.45, 2.75) is 258 Å². The molecule has 0 saturated heterocycles. The molecule has 0 amide bonds. The molecule has 0 aliphatic heterocycles. The van der Waals surface area contributed by atoms with Crippen molar-refractivity contribution in [1.82, 2.24) is 0 Å². The third-order valence-electron chi connectivity index (χ3n) is 11.6. The van der Waals surface area contributed by atoms with Crippen LogP contribution in [0.25, 0.3) is 0 Å². The Morgan fingerprint density at radius 3 is 1.09 bits per heavy atom. The number of hydrogen-bond acceptors (Lipinski definition) is 6. The predicted octanol–water partition coefficient (Wildman–Crippen LogP) is 18.5. The number of hydrogen-bond donors (Lipinski definition) is 0. The standard InChI is InChI=1S/C61H102O6/c1-4-7-10-13-16-19-22-25-27-29-30-32-33-36-39-42-45-48-51-54-60(63)66-57-58(56-65-59(62)53-50-47-44-41-38-35-24-21-18-15-12-9-6-3)67-61(64)55-52-49-46-43-40-37-34-31-28-26-23-20-17-14-11-8-5-2/h16-17,19-20,22,25-26,28,34-35,37-38,43-44,46-47,58H,4-15,18,21,23-24,27,29-33,36,39-42,45,48-57H2,1-3H3/b19-16+,20-17+,25-22+,28-26+,37-34+,38-35+,46-43+,47-44+. The molecule has 67 heavy (non-hydrogen) atoms. The third kappa shape index (κ3) is 53.2. The van der Waals surface area contributed by atoms with E-state index in [9.17, 15) is 14.4 Å². The highest BCUT2D eigenvalue weighted by atomic mass is 16.6. The number of rotatable bonds is 49. The van der Waals surface area contributed by atoms with Crippen LogP contribution < -0.4 is 0 Å². The van der Waals surface area contributed by atoms with Gasteiger partial charge in [-0.3, -0.25) is 14.4 Å². The smallest absolute Gasteiger partial charge is 0.306 e. The van der Waals surface area contributed by atoms with Gasteiger partial charge in [-0.25, -0.2) is 0 Å². The minimum absolute atomic E-state index is 0.119. The summed E-state index contributed by atoms with van der Waals surface area (Å²) >= 11 is 0. The van der Waals surface area contributed by atoms with Crippen molar-refractivity contribution in [1.29, 1.82) is 0 Å². The lowest BCUT2D eigenvalue weighted by molar-refractivity contribution is -0.166. The lowest BCUT2D eigenvalue weighted by Crippen LogP contribution is -2.30. The molecule has 0 N–H and O–H groups in total. The van der Waals surface area contributed by atoms with Crippen LogP contribution in [-0.4, -0.2) is 37.2 Å². The van der Waals surface area contributed by atoms with Crippen molar-refractivity contribution in [3.63, 3.8) is 0 Å². The van der Waals surface area contributed by atoms with Crippen LogP contribution in [0.5, 0.6) is 0 Å². The van der Waals surface area contributed by atoms with Crippen LogP contribution in [0.2, 0.25) is 0 Å². The zero-order chi connectivity index (χ0) is 48.6. The average molecular weight is 931 g/mol. The number of unbranched alkanes of at least 4 members (excludes halogenated alkanes) is 23. The molecule has 0 spiro atoms. The second-order valence-corrected chi connectivity index (χ2v) is 18.2. The van der Waals surface area contributed by atoms with Crippen molar-refractivity contribution < 1.29 is 28.6 Å². The molecule has 6 nitrogen and oxygen atoms in total. The molecule has 1 atom stereocenters. The number of esters is 3. The normalized spacial score (nSPS) is 12.8. The maximum atomic E-state index is 12.8. The lowest BCUT2D eigenvalue weighted by Gasteiger charge is -2.18. The summed E-state index contributed by atoms with van der Waals surface area (Å²) in [6, 6.07) is 0. The van der Waals surface area contributed by atoms with E-state index in [1.165, 1.54) is 141 Å². The van der Waals surface area contributed by atoms with Crippen molar-refractivity contribution in [2.24, 2.45) is 0 Å². The first-order valence-corrected chi connectivity index (χ1v) is 27.8. The SMILES string of the molecule is CCCCC/C=C/C=C/CCCCCCCCCCCCC(=O)OCC(COC(=O)CC/C=C/C/C=C/CCCCCCCC)OC(=O)CCC/C=C/C/C=C/C/C=C/C/C=C/CCCCC. The maximum absolute atomic E-state index is 12.8. The van der Waals surface area contributed by atoms with E-state index >= 15 is 0 Å². The number of carbonyl (C=O) groups is 3. The molecular formula is C61H102O6. The van der Waals surface area contributed by atoms with Crippen molar-refractivity contribution in [2.75, 3.05) is 13.2 Å². The molecule has 1 unspecified atom stereocenters. The summed E-state index contributed by atoms with van der Waals surface area (Å²) in [4.78, 5) is 38.0. The molecule has 6 heteroatoms. The fourth-order valence-electron chi connectivity index (χ4n) is 7.36. The highest BCUT2D eigenvalue weighted by Crippen LogP contribution is 2.14. The first-order chi connectivity index (χ1) is 33.0. The summed E-state index contributed by atoms with van der Waals surface area (Å²) in [5.41, 5.74) is 0. The Balaban J connectivity index is 4.51. The van der Waals surface area contributed by atoms with Crippen LogP contribution in [0.3, 0.4) is 0 Å². The Labute approximate surface area is 413 Å². The zero-order valence-corrected chi connectivity index (χ0v) is 43.6. The molecule has 0 aliphatic carbocycles. The maximum Gasteiger partial charge on any atom is 0.306 e. The van der Waals surface area contributed by atoms with Gasteiger partial charge >= 0.3 is 17.9 Å². The second-order valence-electron chi connectivity index (χ2n) is 18.2. The summed E-state index contributed by atoms with van der Waals surface area (Å²) < 4.78 is 16.7. The molecule has 0 fully saturated rings. The zero-order valence-electron chi connectivity index (χ0n) is 43.6. The van der Waals surface area contributed by atoms with Crippen molar-refractivity contribution >= 4 is 17.9 Å². The van der Waals surface area contributed by atoms with Gasteiger partial charge in [0.15, 0.2) is 6.10 Å². The van der Waals surface area contributed by atoms with Crippen LogP contribution in [0.15, 0.2) is 97.2 Å². The summed E-state index contributed by atoms with van der Waals surface area (Å²) in [5.74, 6) is -1.05. The molecule has 0 saturated carbocycles. The number of allylic oxidation sites excluding steroid dienone is 16. The molecule has 0 aliphatic rings. The Bertz CT molecular complexity index is 1350. The summed E-state index contributed by atoms with van der Waals surface area (Å²) in [6.07, 6.45) is 72.7. The fraction of sp³-hybridized carbons (Fsp3) is 0.689. The Morgan fingerprint density at radius 2 is 0.627 bits per heavy atom. The minimum Gasteiger partial charge on any atom is -0.462 e. The van der Waals surface area contributed by atoms with E-state index in [4.69, 9.17) is 14.2 Å². The van der Waals surface area contributed by atoms with Gasteiger partial charge in [0.1, 0.15) is 13.2 Å². The Hall–Kier alpha value is -3.67. The first kappa shape index (κ1) is 63.3. The van der Waals surface area contributed by atoms with Gasteiger partial charge < -0.3 is 14.2 Å². The monoisotopic (exact) mass is 931 g/mol. The van der Waals surface area contributed by atoms with Crippen LogP contribution in [0, 0.1) is 0 Å². The quantitative estimate of drug-likeness (QED) is 0.0199. The van der Waals surface area contributed by atoms with E-state index < -0.39 is 6.10 Å². The largest absolute Gasteiger partial charge is 0.462 e. The molecule has 0 heterocycles. The molecule has 0 radical (unpaired) electrons. The van der Waals surface area contributed by atoms with Gasteiger partial charge in [0.25, 0.3) is 0 Å². The minimum atomic E-state index is -0.831. The van der Waals surface area contributed by atoms with Crippen LogP contribution >= 0.6 is 0 Å². The van der Waals surface area contributed by atoms with Gasteiger partial charge in [0.2, 0.25) is 0 Å². The van der Waals surface area contributed by atoms with Gasteiger partial charge in [-0.15, -0.1) is 0 Å². The van der Waals surface area contributed by atoms with E-state index in [-0.39, 0.29) is 44.0 Å². The van der Waals surface area contributed by atoms with E-state index in [1.807, 2.05) is 6.08 Å². The van der Waals surface area contributed by atoms with Crippen molar-refractivity contribution in [3.05, 3.63) is 97.2 Å². The van der Waals surface area contributed by atoms with Crippen LogP contribution in [-0.2, 0) is 28.6 Å². The highest BCUT2D eigenvalue weighted by Gasteiger charge is 2.19. The van der Waals surface area contributed by atoms with Gasteiger partial charge in [-0.2, -0.15) is 0 Å². The number of carbonyl (C=O) groups excluding carboxylic acids is 3. The van der Waals surface area contributed by atoms with Crippen LogP contribution in [0.1, 0.15) is 252 Å². The highest BCUT2D eigenvalue weighted by molar-refractivity contribution is 5.71. The summed E-state index contributed by atoms with van der Waals surface area (Å²) in [6.45, 7) is 6.47.